The fourth-order valence-corrected chi connectivity index (χ4v) is 1.46. The SMILES string of the molecule is C=O.c1ccc(N2CCOCC2)cc1. The van der Waals surface area contributed by atoms with Gasteiger partial charge in [0.1, 0.15) is 6.79 Å². The van der Waals surface area contributed by atoms with Gasteiger partial charge in [-0.1, -0.05) is 18.2 Å². The molecule has 2 rings (SSSR count). The first-order chi connectivity index (χ1) is 6.97. The highest BCUT2D eigenvalue weighted by atomic mass is 16.5. The van der Waals surface area contributed by atoms with Crippen LogP contribution in [0.15, 0.2) is 30.3 Å². The molecule has 1 aromatic carbocycles. The Balaban J connectivity index is 0.000000461. The number of morpholine rings is 1. The number of hydrogen-bond donors (Lipinski definition) is 0. The highest BCUT2D eigenvalue weighted by Gasteiger charge is 2.09. The molecule has 76 valence electrons. The van der Waals surface area contributed by atoms with Gasteiger partial charge in [0.15, 0.2) is 0 Å². The quantitative estimate of drug-likeness (QED) is 0.674. The second-order valence-electron chi connectivity index (χ2n) is 2.93. The minimum Gasteiger partial charge on any atom is -0.378 e. The number of ether oxygens (including phenoxy) is 1. The number of hydrogen-bond acceptors (Lipinski definition) is 3. The Morgan fingerprint density at radius 2 is 1.64 bits per heavy atom. The summed E-state index contributed by atoms with van der Waals surface area (Å²) in [6, 6.07) is 10.5. The molecule has 14 heavy (non-hydrogen) atoms. The Labute approximate surface area is 84.3 Å². The van der Waals surface area contributed by atoms with Crippen LogP contribution in [-0.2, 0) is 9.53 Å². The van der Waals surface area contributed by atoms with Crippen molar-refractivity contribution in [3.8, 4) is 0 Å². The van der Waals surface area contributed by atoms with Gasteiger partial charge < -0.3 is 14.4 Å². The Bertz CT molecular complexity index is 245. The molecular weight excluding hydrogens is 178 g/mol. The molecule has 1 aliphatic heterocycles. The summed E-state index contributed by atoms with van der Waals surface area (Å²) >= 11 is 0. The molecule has 0 spiro atoms. The molecule has 0 saturated carbocycles. The van der Waals surface area contributed by atoms with Crippen LogP contribution in [0.2, 0.25) is 0 Å². The van der Waals surface area contributed by atoms with Crippen molar-refractivity contribution < 1.29 is 9.53 Å². The van der Waals surface area contributed by atoms with Crippen LogP contribution in [0.25, 0.3) is 0 Å². The van der Waals surface area contributed by atoms with Crippen LogP contribution >= 0.6 is 0 Å². The molecule has 0 amide bonds. The molecule has 0 atom stereocenters. The highest BCUT2D eigenvalue weighted by Crippen LogP contribution is 2.13. The van der Waals surface area contributed by atoms with E-state index in [1.807, 2.05) is 12.9 Å². The van der Waals surface area contributed by atoms with Crippen LogP contribution < -0.4 is 4.90 Å². The van der Waals surface area contributed by atoms with Gasteiger partial charge in [-0.25, -0.2) is 0 Å². The monoisotopic (exact) mass is 193 g/mol. The predicted octanol–water partition coefficient (Wildman–Crippen LogP) is 1.34. The molecule has 0 radical (unpaired) electrons. The normalized spacial score (nSPS) is 15.6. The maximum atomic E-state index is 8.00. The van der Waals surface area contributed by atoms with Gasteiger partial charge in [0.2, 0.25) is 0 Å². The zero-order valence-electron chi connectivity index (χ0n) is 8.19. The lowest BCUT2D eigenvalue weighted by Crippen LogP contribution is -2.36. The summed E-state index contributed by atoms with van der Waals surface area (Å²) in [5.41, 5.74) is 1.31. The second kappa shape index (κ2) is 6.16. The first kappa shape index (κ1) is 10.7. The van der Waals surface area contributed by atoms with Crippen molar-refractivity contribution >= 4 is 12.5 Å². The molecular formula is C11H15NO2. The van der Waals surface area contributed by atoms with E-state index in [4.69, 9.17) is 9.53 Å². The van der Waals surface area contributed by atoms with Crippen LogP contribution in [0.4, 0.5) is 5.69 Å². The minimum atomic E-state index is 0.856. The van der Waals surface area contributed by atoms with Crippen molar-refractivity contribution in [2.75, 3.05) is 31.2 Å². The summed E-state index contributed by atoms with van der Waals surface area (Å²) in [4.78, 5) is 10.4. The van der Waals surface area contributed by atoms with E-state index in [2.05, 4.69) is 29.2 Å². The lowest BCUT2D eigenvalue weighted by Gasteiger charge is -2.28. The third-order valence-electron chi connectivity index (χ3n) is 2.13. The molecule has 1 fully saturated rings. The van der Waals surface area contributed by atoms with Crippen LogP contribution in [-0.4, -0.2) is 33.1 Å². The average Bonchev–Trinajstić information content (AvgIpc) is 2.34. The van der Waals surface area contributed by atoms with E-state index in [1.165, 1.54) is 5.69 Å². The minimum absolute atomic E-state index is 0.856. The van der Waals surface area contributed by atoms with E-state index < -0.39 is 0 Å². The largest absolute Gasteiger partial charge is 0.378 e. The van der Waals surface area contributed by atoms with Crippen molar-refractivity contribution in [2.45, 2.75) is 0 Å². The van der Waals surface area contributed by atoms with Gasteiger partial charge >= 0.3 is 0 Å². The number of anilines is 1. The van der Waals surface area contributed by atoms with Gasteiger partial charge in [0, 0.05) is 18.8 Å². The Morgan fingerprint density at radius 3 is 2.21 bits per heavy atom. The van der Waals surface area contributed by atoms with Crippen molar-refractivity contribution in [3.05, 3.63) is 30.3 Å². The van der Waals surface area contributed by atoms with Gasteiger partial charge in [-0.2, -0.15) is 0 Å². The van der Waals surface area contributed by atoms with Crippen LogP contribution in [0.1, 0.15) is 0 Å². The standard InChI is InChI=1S/C10H13NO.CH2O/c1-2-4-10(5-3-1)11-6-8-12-9-7-11;1-2/h1-5H,6-9H2;1H2. The van der Waals surface area contributed by atoms with E-state index in [0.29, 0.717) is 0 Å². The average molecular weight is 193 g/mol. The zero-order chi connectivity index (χ0) is 10.2. The molecule has 1 heterocycles. The fourth-order valence-electron chi connectivity index (χ4n) is 1.46. The molecule has 0 aliphatic carbocycles. The first-order valence-corrected chi connectivity index (χ1v) is 4.63. The van der Waals surface area contributed by atoms with Crippen molar-refractivity contribution in [3.63, 3.8) is 0 Å². The fraction of sp³-hybridized carbons (Fsp3) is 0.364. The van der Waals surface area contributed by atoms with Crippen molar-refractivity contribution in [2.24, 2.45) is 0 Å². The lowest BCUT2D eigenvalue weighted by molar-refractivity contribution is -0.0979. The Morgan fingerprint density at radius 1 is 1.07 bits per heavy atom. The smallest absolute Gasteiger partial charge is 0.106 e. The molecule has 3 heteroatoms. The number of nitrogens with zero attached hydrogens (tertiary/aromatic N) is 1. The number of carbonyl (C=O) groups is 1. The second-order valence-corrected chi connectivity index (χ2v) is 2.93. The molecule has 0 aromatic heterocycles. The van der Waals surface area contributed by atoms with E-state index in [9.17, 15) is 0 Å². The van der Waals surface area contributed by atoms with Gasteiger partial charge in [0.25, 0.3) is 0 Å². The summed E-state index contributed by atoms with van der Waals surface area (Å²) in [6.07, 6.45) is 0. The molecule has 0 unspecified atom stereocenters. The maximum absolute atomic E-state index is 8.00. The Hall–Kier alpha value is -1.35. The van der Waals surface area contributed by atoms with Gasteiger partial charge in [-0.15, -0.1) is 0 Å². The molecule has 0 N–H and O–H groups in total. The lowest BCUT2D eigenvalue weighted by atomic mass is 10.3. The van der Waals surface area contributed by atoms with E-state index in [0.717, 1.165) is 26.3 Å². The van der Waals surface area contributed by atoms with Crippen molar-refractivity contribution in [1.29, 1.82) is 0 Å². The van der Waals surface area contributed by atoms with Gasteiger partial charge in [-0.05, 0) is 12.1 Å². The summed E-state index contributed by atoms with van der Waals surface area (Å²) in [5, 5.41) is 0. The first-order valence-electron chi connectivity index (χ1n) is 4.63. The highest BCUT2D eigenvalue weighted by molar-refractivity contribution is 5.46. The number of para-hydroxylation sites is 1. The molecule has 1 saturated heterocycles. The number of rotatable bonds is 1. The van der Waals surface area contributed by atoms with Gasteiger partial charge in [-0.3, -0.25) is 0 Å². The Kier molecular flexibility index (Phi) is 4.72. The van der Waals surface area contributed by atoms with E-state index >= 15 is 0 Å². The zero-order valence-corrected chi connectivity index (χ0v) is 8.19. The third kappa shape index (κ3) is 2.85. The molecule has 0 bridgehead atoms. The topological polar surface area (TPSA) is 29.5 Å². The maximum Gasteiger partial charge on any atom is 0.106 e. The molecule has 1 aliphatic rings. The molecule has 1 aromatic rings. The summed E-state index contributed by atoms with van der Waals surface area (Å²) in [6.45, 7) is 5.75. The van der Waals surface area contributed by atoms with E-state index in [-0.39, 0.29) is 0 Å². The third-order valence-corrected chi connectivity index (χ3v) is 2.13. The number of benzene rings is 1. The summed E-state index contributed by atoms with van der Waals surface area (Å²) in [5.74, 6) is 0. The summed E-state index contributed by atoms with van der Waals surface area (Å²) < 4.78 is 5.28. The molecule has 3 nitrogen and oxygen atoms in total. The summed E-state index contributed by atoms with van der Waals surface area (Å²) in [7, 11) is 0. The number of carbonyl (C=O) groups excluding carboxylic acids is 1. The van der Waals surface area contributed by atoms with Crippen LogP contribution in [0.5, 0.6) is 0 Å². The van der Waals surface area contributed by atoms with Crippen molar-refractivity contribution in [1.82, 2.24) is 0 Å². The van der Waals surface area contributed by atoms with Crippen LogP contribution in [0.3, 0.4) is 0 Å². The van der Waals surface area contributed by atoms with E-state index in [1.54, 1.807) is 0 Å². The predicted molar refractivity (Wildman–Crippen MR) is 56.6 cm³/mol. The van der Waals surface area contributed by atoms with Gasteiger partial charge in [0.05, 0.1) is 13.2 Å². The van der Waals surface area contributed by atoms with Crippen LogP contribution in [0, 0.1) is 0 Å².